The molecule has 9 heteroatoms. The number of nitrogens with one attached hydrogen (secondary N) is 1. The molecule has 1 aromatic carbocycles. The fourth-order valence-corrected chi connectivity index (χ4v) is 5.40. The van der Waals surface area contributed by atoms with Gasteiger partial charge in [0, 0.05) is 32.5 Å². The third-order valence-electron chi connectivity index (χ3n) is 7.47. The number of carbonyl (C=O) groups is 3. The molecule has 3 fully saturated rings. The van der Waals surface area contributed by atoms with Crippen LogP contribution >= 0.6 is 0 Å². The van der Waals surface area contributed by atoms with Gasteiger partial charge in [-0.3, -0.25) is 14.5 Å². The van der Waals surface area contributed by atoms with E-state index in [2.05, 4.69) is 10.2 Å². The third kappa shape index (κ3) is 7.00. The van der Waals surface area contributed by atoms with Gasteiger partial charge in [-0.15, -0.1) is 0 Å². The number of benzene rings is 1. The van der Waals surface area contributed by atoms with Crippen molar-refractivity contribution in [3.05, 3.63) is 29.6 Å². The van der Waals surface area contributed by atoms with Crippen molar-refractivity contribution in [2.45, 2.75) is 95.9 Å². The Bertz CT molecular complexity index is 1010. The maximum atomic E-state index is 14.7. The fourth-order valence-electron chi connectivity index (χ4n) is 5.40. The minimum absolute atomic E-state index is 0.0875. The molecule has 0 radical (unpaired) electrons. The number of piperidine rings is 1. The smallest absolute Gasteiger partial charge is 0.411 e. The van der Waals surface area contributed by atoms with Crippen LogP contribution in [0.25, 0.3) is 0 Å². The van der Waals surface area contributed by atoms with E-state index >= 15 is 0 Å². The molecule has 0 unspecified atom stereocenters. The van der Waals surface area contributed by atoms with Crippen molar-refractivity contribution in [3.63, 3.8) is 0 Å². The van der Waals surface area contributed by atoms with Gasteiger partial charge in [-0.2, -0.15) is 0 Å². The topological polar surface area (TPSA) is 88.2 Å². The second-order valence-corrected chi connectivity index (χ2v) is 11.5. The molecule has 204 valence electrons. The highest BCUT2D eigenvalue weighted by Crippen LogP contribution is 2.39. The van der Waals surface area contributed by atoms with Crippen LogP contribution in [0.2, 0.25) is 0 Å². The first kappa shape index (κ1) is 27.4. The van der Waals surface area contributed by atoms with Gasteiger partial charge in [-0.1, -0.05) is 6.07 Å². The SMILES string of the molecule is CO[C@@H]1C[C@H](C(=O)Nc2cc(CC[C@@H](C3CC3)N3CCCCC3=O)ccc2F)N(C(=O)OC(C)(C)C)C1. The number of halogens is 1. The van der Waals surface area contributed by atoms with Crippen LogP contribution in [0.4, 0.5) is 14.9 Å². The van der Waals surface area contributed by atoms with Crippen LogP contribution in [0.1, 0.15) is 71.3 Å². The summed E-state index contributed by atoms with van der Waals surface area (Å²) in [5, 5.41) is 2.69. The van der Waals surface area contributed by atoms with Gasteiger partial charge in [0.15, 0.2) is 0 Å². The van der Waals surface area contributed by atoms with Gasteiger partial charge in [0.2, 0.25) is 11.8 Å². The van der Waals surface area contributed by atoms with E-state index in [1.54, 1.807) is 32.9 Å². The summed E-state index contributed by atoms with van der Waals surface area (Å²) < 4.78 is 25.6. The molecule has 3 atom stereocenters. The van der Waals surface area contributed by atoms with Crippen LogP contribution in [-0.4, -0.2) is 71.7 Å². The number of nitrogens with zero attached hydrogens (tertiary/aromatic N) is 2. The lowest BCUT2D eigenvalue weighted by molar-refractivity contribution is -0.136. The molecular weight excluding hydrogens is 477 g/mol. The van der Waals surface area contributed by atoms with Crippen molar-refractivity contribution in [2.75, 3.05) is 25.5 Å². The van der Waals surface area contributed by atoms with Gasteiger partial charge in [-0.05, 0) is 82.9 Å². The van der Waals surface area contributed by atoms with Gasteiger partial charge < -0.3 is 19.7 Å². The predicted octanol–water partition coefficient (Wildman–Crippen LogP) is 4.51. The molecule has 4 rings (SSSR count). The Morgan fingerprint density at radius 1 is 1.22 bits per heavy atom. The highest BCUT2D eigenvalue weighted by molar-refractivity contribution is 5.97. The molecule has 2 saturated heterocycles. The van der Waals surface area contributed by atoms with Crippen LogP contribution in [0, 0.1) is 11.7 Å². The third-order valence-corrected chi connectivity index (χ3v) is 7.47. The van der Waals surface area contributed by atoms with E-state index in [9.17, 15) is 18.8 Å². The zero-order chi connectivity index (χ0) is 26.7. The molecule has 0 aromatic heterocycles. The lowest BCUT2D eigenvalue weighted by Gasteiger charge is -2.35. The molecule has 8 nitrogen and oxygen atoms in total. The predicted molar refractivity (Wildman–Crippen MR) is 138 cm³/mol. The summed E-state index contributed by atoms with van der Waals surface area (Å²) in [7, 11) is 1.54. The number of ether oxygens (including phenoxy) is 2. The molecule has 1 aliphatic carbocycles. The lowest BCUT2D eigenvalue weighted by Crippen LogP contribution is -2.45. The van der Waals surface area contributed by atoms with Gasteiger partial charge in [0.05, 0.1) is 18.3 Å². The Labute approximate surface area is 218 Å². The summed E-state index contributed by atoms with van der Waals surface area (Å²) in [5.41, 5.74) is 0.280. The average Bonchev–Trinajstić information content (AvgIpc) is 3.57. The second kappa shape index (κ2) is 11.4. The van der Waals surface area contributed by atoms with Crippen molar-refractivity contribution in [1.82, 2.24) is 9.80 Å². The maximum Gasteiger partial charge on any atom is 0.411 e. The van der Waals surface area contributed by atoms with Crippen molar-refractivity contribution in [2.24, 2.45) is 5.92 Å². The largest absolute Gasteiger partial charge is 0.444 e. The minimum Gasteiger partial charge on any atom is -0.444 e. The van der Waals surface area contributed by atoms with Gasteiger partial charge >= 0.3 is 6.09 Å². The first-order valence-corrected chi connectivity index (χ1v) is 13.5. The minimum atomic E-state index is -0.827. The molecule has 37 heavy (non-hydrogen) atoms. The monoisotopic (exact) mass is 517 g/mol. The van der Waals surface area contributed by atoms with Crippen molar-refractivity contribution in [3.8, 4) is 0 Å². The summed E-state index contributed by atoms with van der Waals surface area (Å²) in [4.78, 5) is 41.9. The first-order valence-electron chi connectivity index (χ1n) is 13.5. The highest BCUT2D eigenvalue weighted by Gasteiger charge is 2.42. The van der Waals surface area contributed by atoms with Crippen molar-refractivity contribution in [1.29, 1.82) is 0 Å². The molecule has 3 aliphatic rings. The zero-order valence-corrected chi connectivity index (χ0v) is 22.4. The van der Waals surface area contributed by atoms with E-state index in [4.69, 9.17) is 9.47 Å². The number of hydrogen-bond acceptors (Lipinski definition) is 5. The number of rotatable bonds is 8. The van der Waals surface area contributed by atoms with E-state index in [0.29, 0.717) is 25.2 Å². The van der Waals surface area contributed by atoms with Crippen molar-refractivity contribution < 1.29 is 28.2 Å². The maximum absolute atomic E-state index is 14.7. The molecule has 3 amide bonds. The standard InChI is InChI=1S/C28H40FN3O5/c1-28(2,3)37-27(35)32-17-20(36-4)16-24(32)26(34)30-22-15-18(8-12-21(22)29)9-13-23(19-10-11-19)31-14-6-5-7-25(31)33/h8,12,15,19-20,23-24H,5-7,9-11,13-14,16-17H2,1-4H3,(H,30,34)/t20-,23+,24-/m1/s1. The average molecular weight is 518 g/mol. The van der Waals surface area contributed by atoms with E-state index in [-0.39, 0.29) is 30.3 Å². The summed E-state index contributed by atoms with van der Waals surface area (Å²) in [5.74, 6) is -0.212. The zero-order valence-electron chi connectivity index (χ0n) is 22.4. The Kier molecular flexibility index (Phi) is 8.41. The number of anilines is 1. The molecule has 0 spiro atoms. The molecule has 0 bridgehead atoms. The van der Waals surface area contributed by atoms with E-state index < -0.39 is 29.5 Å². The summed E-state index contributed by atoms with van der Waals surface area (Å²) in [6.07, 6.45) is 5.84. The Balaban J connectivity index is 1.42. The Morgan fingerprint density at radius 2 is 1.97 bits per heavy atom. The number of amides is 3. The fraction of sp³-hybridized carbons (Fsp3) is 0.679. The van der Waals surface area contributed by atoms with Gasteiger partial charge in [0.1, 0.15) is 17.5 Å². The normalized spacial score (nSPS) is 23.2. The number of aryl methyl sites for hydroxylation is 1. The number of likely N-dealkylation sites (tertiary alicyclic amines) is 2. The number of methoxy groups -OCH3 is 1. The first-order chi connectivity index (χ1) is 17.6. The van der Waals surface area contributed by atoms with Crippen LogP contribution in [0.15, 0.2) is 18.2 Å². The Morgan fingerprint density at radius 3 is 2.62 bits per heavy atom. The second-order valence-electron chi connectivity index (χ2n) is 11.5. The molecular formula is C28H40FN3O5. The number of hydrogen-bond donors (Lipinski definition) is 1. The molecule has 2 heterocycles. The highest BCUT2D eigenvalue weighted by atomic mass is 19.1. The summed E-state index contributed by atoms with van der Waals surface area (Å²) in [6, 6.07) is 4.16. The van der Waals surface area contributed by atoms with Gasteiger partial charge in [0.25, 0.3) is 0 Å². The lowest BCUT2D eigenvalue weighted by atomic mass is 9.97. The molecule has 2 aliphatic heterocycles. The van der Waals surface area contributed by atoms with Crippen LogP contribution in [0.3, 0.4) is 0 Å². The quantitative estimate of drug-likeness (QED) is 0.548. The van der Waals surface area contributed by atoms with E-state index in [0.717, 1.165) is 44.2 Å². The van der Waals surface area contributed by atoms with Crippen LogP contribution in [-0.2, 0) is 25.5 Å². The molecule has 1 N–H and O–H groups in total. The van der Waals surface area contributed by atoms with Gasteiger partial charge in [-0.25, -0.2) is 9.18 Å². The summed E-state index contributed by atoms with van der Waals surface area (Å²) >= 11 is 0. The van der Waals surface area contributed by atoms with Crippen LogP contribution in [0.5, 0.6) is 0 Å². The molecule has 1 saturated carbocycles. The van der Waals surface area contributed by atoms with E-state index in [1.165, 1.54) is 18.1 Å². The molecule has 1 aromatic rings. The Hall–Kier alpha value is -2.68. The number of carbonyl (C=O) groups excluding carboxylic acids is 3. The van der Waals surface area contributed by atoms with Crippen molar-refractivity contribution >= 4 is 23.6 Å². The van der Waals surface area contributed by atoms with E-state index in [1.807, 2.05) is 0 Å². The van der Waals surface area contributed by atoms with Crippen LogP contribution < -0.4 is 5.32 Å². The summed E-state index contributed by atoms with van der Waals surface area (Å²) in [6.45, 7) is 6.34.